The van der Waals surface area contributed by atoms with Crippen molar-refractivity contribution < 1.29 is 9.53 Å². The largest absolute Gasteiger partial charge is 0.444 e. The smallest absolute Gasteiger partial charge is 0.294 e. The molecule has 1 aromatic carbocycles. The van der Waals surface area contributed by atoms with E-state index in [9.17, 15) is 4.79 Å². The van der Waals surface area contributed by atoms with Crippen molar-refractivity contribution >= 4 is 6.47 Å². The molecule has 1 aromatic heterocycles. The molecule has 2 unspecified atom stereocenters. The van der Waals surface area contributed by atoms with Gasteiger partial charge in [-0.15, -0.1) is 0 Å². The van der Waals surface area contributed by atoms with Gasteiger partial charge in [0.2, 0.25) is 0 Å². The van der Waals surface area contributed by atoms with Crippen molar-refractivity contribution in [2.24, 2.45) is 5.73 Å². The number of carbonyl (C=O) groups is 1. The van der Waals surface area contributed by atoms with Crippen molar-refractivity contribution in [2.75, 3.05) is 19.6 Å². The van der Waals surface area contributed by atoms with Crippen LogP contribution in [-0.2, 0) is 9.53 Å². The summed E-state index contributed by atoms with van der Waals surface area (Å²) in [6.45, 7) is 3.02. The second-order valence-corrected chi connectivity index (χ2v) is 6.60. The summed E-state index contributed by atoms with van der Waals surface area (Å²) in [7, 11) is 0. The third-order valence-corrected chi connectivity index (χ3v) is 4.89. The Morgan fingerprint density at radius 3 is 2.50 bits per heavy atom. The molecular formula is C20H26N4O2. The summed E-state index contributed by atoms with van der Waals surface area (Å²) in [5.41, 5.74) is 8.34. The SMILES string of the molecule is NC(CNC1CCN(C(OC=O)c2ccccc2)CC1)c1ccncc1. The number of piperidine rings is 1. The summed E-state index contributed by atoms with van der Waals surface area (Å²) in [5.74, 6) is 0. The van der Waals surface area contributed by atoms with E-state index < -0.39 is 0 Å². The highest BCUT2D eigenvalue weighted by Gasteiger charge is 2.27. The summed E-state index contributed by atoms with van der Waals surface area (Å²) in [6.07, 6.45) is 5.21. The lowest BCUT2D eigenvalue weighted by Crippen LogP contribution is -2.45. The molecular weight excluding hydrogens is 328 g/mol. The van der Waals surface area contributed by atoms with E-state index in [1.165, 1.54) is 0 Å². The number of aromatic nitrogens is 1. The Hall–Kier alpha value is -2.28. The third-order valence-electron chi connectivity index (χ3n) is 4.89. The Kier molecular flexibility index (Phi) is 6.71. The summed E-state index contributed by atoms with van der Waals surface area (Å²) < 4.78 is 5.36. The number of likely N-dealkylation sites (tertiary alicyclic amines) is 1. The molecule has 0 radical (unpaired) electrons. The van der Waals surface area contributed by atoms with Crippen LogP contribution in [0.15, 0.2) is 54.9 Å². The monoisotopic (exact) mass is 354 g/mol. The molecule has 1 saturated heterocycles. The zero-order valence-electron chi connectivity index (χ0n) is 14.8. The van der Waals surface area contributed by atoms with Gasteiger partial charge in [0.15, 0.2) is 6.23 Å². The second-order valence-electron chi connectivity index (χ2n) is 6.60. The highest BCUT2D eigenvalue weighted by molar-refractivity contribution is 5.38. The van der Waals surface area contributed by atoms with E-state index in [1.54, 1.807) is 12.4 Å². The Bertz CT molecular complexity index is 660. The van der Waals surface area contributed by atoms with E-state index in [0.717, 1.165) is 43.6 Å². The van der Waals surface area contributed by atoms with Crippen molar-refractivity contribution in [3.63, 3.8) is 0 Å². The number of hydrogen-bond donors (Lipinski definition) is 2. The van der Waals surface area contributed by atoms with Crippen molar-refractivity contribution in [1.82, 2.24) is 15.2 Å². The zero-order chi connectivity index (χ0) is 18.2. The minimum atomic E-state index is -0.311. The molecule has 6 heteroatoms. The van der Waals surface area contributed by atoms with Gasteiger partial charge in [0.1, 0.15) is 0 Å². The molecule has 1 aliphatic heterocycles. The van der Waals surface area contributed by atoms with Gasteiger partial charge >= 0.3 is 0 Å². The molecule has 3 rings (SSSR count). The molecule has 0 spiro atoms. The first kappa shape index (κ1) is 18.5. The average Bonchev–Trinajstić information content (AvgIpc) is 2.72. The second kappa shape index (κ2) is 9.43. The Labute approximate surface area is 154 Å². The van der Waals surface area contributed by atoms with E-state index in [-0.39, 0.29) is 12.3 Å². The van der Waals surface area contributed by atoms with Gasteiger partial charge in [-0.3, -0.25) is 14.7 Å². The number of ether oxygens (including phenoxy) is 1. The van der Waals surface area contributed by atoms with Gasteiger partial charge in [-0.25, -0.2) is 0 Å². The van der Waals surface area contributed by atoms with Crippen molar-refractivity contribution in [2.45, 2.75) is 31.2 Å². The fraction of sp³-hybridized carbons (Fsp3) is 0.400. The molecule has 2 aromatic rings. The van der Waals surface area contributed by atoms with Gasteiger partial charge in [-0.05, 0) is 30.5 Å². The molecule has 26 heavy (non-hydrogen) atoms. The summed E-state index contributed by atoms with van der Waals surface area (Å²) in [4.78, 5) is 17.2. The highest BCUT2D eigenvalue weighted by Crippen LogP contribution is 2.25. The number of hydrogen-bond acceptors (Lipinski definition) is 6. The van der Waals surface area contributed by atoms with Crippen LogP contribution in [0, 0.1) is 0 Å². The lowest BCUT2D eigenvalue weighted by atomic mass is 10.0. The number of rotatable bonds is 8. The van der Waals surface area contributed by atoms with Gasteiger partial charge in [-0.1, -0.05) is 30.3 Å². The number of nitrogens with two attached hydrogens (primary N) is 1. The van der Waals surface area contributed by atoms with Crippen LogP contribution >= 0.6 is 0 Å². The summed E-state index contributed by atoms with van der Waals surface area (Å²) in [5, 5.41) is 3.57. The van der Waals surface area contributed by atoms with E-state index >= 15 is 0 Å². The molecule has 2 atom stereocenters. The van der Waals surface area contributed by atoms with Gasteiger partial charge in [-0.2, -0.15) is 0 Å². The number of nitrogens with zero attached hydrogens (tertiary/aromatic N) is 2. The van der Waals surface area contributed by atoms with Crippen molar-refractivity contribution in [3.05, 3.63) is 66.0 Å². The van der Waals surface area contributed by atoms with E-state index in [0.29, 0.717) is 12.5 Å². The molecule has 0 bridgehead atoms. The van der Waals surface area contributed by atoms with Crippen LogP contribution in [0.25, 0.3) is 0 Å². The molecule has 0 aliphatic carbocycles. The molecule has 1 fully saturated rings. The lowest BCUT2D eigenvalue weighted by Gasteiger charge is -2.37. The van der Waals surface area contributed by atoms with Crippen LogP contribution in [-0.4, -0.2) is 42.0 Å². The quantitative estimate of drug-likeness (QED) is 0.706. The maximum absolute atomic E-state index is 10.9. The first-order chi connectivity index (χ1) is 12.8. The number of carbonyl (C=O) groups excluding carboxylic acids is 1. The summed E-state index contributed by atoms with van der Waals surface area (Å²) in [6, 6.07) is 14.2. The molecule has 3 N–H and O–H groups in total. The maximum Gasteiger partial charge on any atom is 0.294 e. The lowest BCUT2D eigenvalue weighted by molar-refractivity contribution is -0.145. The number of benzene rings is 1. The van der Waals surface area contributed by atoms with Gasteiger partial charge in [0.25, 0.3) is 6.47 Å². The van der Waals surface area contributed by atoms with Crippen molar-refractivity contribution in [3.8, 4) is 0 Å². The Morgan fingerprint density at radius 2 is 1.85 bits per heavy atom. The third kappa shape index (κ3) is 4.88. The molecule has 1 aliphatic rings. The predicted octanol–water partition coefficient (Wildman–Crippen LogP) is 2.01. The minimum Gasteiger partial charge on any atom is -0.444 e. The predicted molar refractivity (Wildman–Crippen MR) is 100 cm³/mol. The number of pyridine rings is 1. The number of nitrogens with one attached hydrogen (secondary N) is 1. The molecule has 2 heterocycles. The molecule has 0 amide bonds. The van der Waals surface area contributed by atoms with E-state index in [2.05, 4.69) is 15.2 Å². The highest BCUT2D eigenvalue weighted by atomic mass is 16.5. The van der Waals surface area contributed by atoms with Gasteiger partial charge in [0.05, 0.1) is 0 Å². The Morgan fingerprint density at radius 1 is 1.15 bits per heavy atom. The van der Waals surface area contributed by atoms with E-state index in [4.69, 9.17) is 10.5 Å². The first-order valence-corrected chi connectivity index (χ1v) is 9.05. The molecule has 0 saturated carbocycles. The normalized spacial score (nSPS) is 18.2. The minimum absolute atomic E-state index is 0.0357. The van der Waals surface area contributed by atoms with Crippen LogP contribution in [0.4, 0.5) is 0 Å². The van der Waals surface area contributed by atoms with Gasteiger partial charge in [0, 0.05) is 49.7 Å². The van der Waals surface area contributed by atoms with Crippen LogP contribution in [0.3, 0.4) is 0 Å². The fourth-order valence-corrected chi connectivity index (χ4v) is 3.41. The maximum atomic E-state index is 10.9. The van der Waals surface area contributed by atoms with Crippen LogP contribution < -0.4 is 11.1 Å². The zero-order valence-corrected chi connectivity index (χ0v) is 14.8. The average molecular weight is 354 g/mol. The van der Waals surface area contributed by atoms with Crippen LogP contribution in [0.2, 0.25) is 0 Å². The summed E-state index contributed by atoms with van der Waals surface area (Å²) >= 11 is 0. The Balaban J connectivity index is 1.49. The van der Waals surface area contributed by atoms with Crippen LogP contribution in [0.1, 0.15) is 36.2 Å². The van der Waals surface area contributed by atoms with Crippen LogP contribution in [0.5, 0.6) is 0 Å². The van der Waals surface area contributed by atoms with E-state index in [1.807, 2.05) is 42.5 Å². The molecule has 138 valence electrons. The van der Waals surface area contributed by atoms with Gasteiger partial charge < -0.3 is 15.8 Å². The molecule has 6 nitrogen and oxygen atoms in total. The standard InChI is InChI=1S/C20H26N4O2/c21-19(16-6-10-22-11-7-16)14-23-18-8-12-24(13-9-18)20(26-15-25)17-4-2-1-3-5-17/h1-7,10-11,15,18-20,23H,8-9,12-14,21H2. The topological polar surface area (TPSA) is 80.5 Å². The fourth-order valence-electron chi connectivity index (χ4n) is 3.41. The first-order valence-electron chi connectivity index (χ1n) is 9.05. The van der Waals surface area contributed by atoms with Crippen molar-refractivity contribution in [1.29, 1.82) is 0 Å².